The van der Waals surface area contributed by atoms with Crippen molar-refractivity contribution in [3.8, 4) is 0 Å². The van der Waals surface area contributed by atoms with E-state index in [1.54, 1.807) is 24.3 Å². The number of hydrogen-bond acceptors (Lipinski definition) is 3. The molecule has 0 aliphatic heterocycles. The standard InChI is InChI=1S/C19H17N3O3/c1-13(14-5-3-2-4-6-14)20-19(23)21-17-9-7-16-12-18(22(24)25)10-8-15(16)11-17/h2-13H,1H3,(H2,20,21,23). The van der Waals surface area contributed by atoms with Crippen molar-refractivity contribution >= 4 is 28.2 Å². The number of nitrogens with one attached hydrogen (secondary N) is 2. The number of urea groups is 1. The molecule has 0 aliphatic rings. The molecule has 0 saturated heterocycles. The van der Waals surface area contributed by atoms with Gasteiger partial charge in [0.15, 0.2) is 0 Å². The second-order valence-electron chi connectivity index (χ2n) is 5.73. The Hall–Kier alpha value is -3.41. The number of nitro benzene ring substituents is 1. The number of benzene rings is 3. The predicted molar refractivity (Wildman–Crippen MR) is 97.6 cm³/mol. The second-order valence-corrected chi connectivity index (χ2v) is 5.73. The summed E-state index contributed by atoms with van der Waals surface area (Å²) in [5.74, 6) is 0. The van der Waals surface area contributed by atoms with Gasteiger partial charge < -0.3 is 10.6 Å². The van der Waals surface area contributed by atoms with Crippen LogP contribution in [-0.4, -0.2) is 11.0 Å². The molecule has 3 aromatic rings. The molecule has 1 atom stereocenters. The van der Waals surface area contributed by atoms with Crippen molar-refractivity contribution < 1.29 is 9.72 Å². The van der Waals surface area contributed by atoms with Crippen LogP contribution in [0.2, 0.25) is 0 Å². The molecule has 0 spiro atoms. The van der Waals surface area contributed by atoms with Crippen LogP contribution < -0.4 is 10.6 Å². The van der Waals surface area contributed by atoms with Crippen molar-refractivity contribution in [2.24, 2.45) is 0 Å². The molecular weight excluding hydrogens is 318 g/mol. The fraction of sp³-hybridized carbons (Fsp3) is 0.105. The summed E-state index contributed by atoms with van der Waals surface area (Å²) in [4.78, 5) is 22.6. The van der Waals surface area contributed by atoms with Crippen molar-refractivity contribution in [3.63, 3.8) is 0 Å². The lowest BCUT2D eigenvalue weighted by molar-refractivity contribution is -0.384. The highest BCUT2D eigenvalue weighted by atomic mass is 16.6. The van der Waals surface area contributed by atoms with E-state index in [1.165, 1.54) is 12.1 Å². The smallest absolute Gasteiger partial charge is 0.319 e. The number of non-ortho nitro benzene ring substituents is 1. The molecule has 0 heterocycles. The zero-order valence-electron chi connectivity index (χ0n) is 13.6. The predicted octanol–water partition coefficient (Wildman–Crippen LogP) is 4.63. The number of nitrogens with zero attached hydrogens (tertiary/aromatic N) is 1. The highest BCUT2D eigenvalue weighted by Crippen LogP contribution is 2.24. The van der Waals surface area contributed by atoms with Crippen LogP contribution in [0.5, 0.6) is 0 Å². The van der Waals surface area contributed by atoms with E-state index in [9.17, 15) is 14.9 Å². The summed E-state index contributed by atoms with van der Waals surface area (Å²) >= 11 is 0. The average Bonchev–Trinajstić information content (AvgIpc) is 2.61. The van der Waals surface area contributed by atoms with Crippen LogP contribution in [0, 0.1) is 10.1 Å². The molecule has 3 rings (SSSR count). The summed E-state index contributed by atoms with van der Waals surface area (Å²) < 4.78 is 0. The number of carbonyl (C=O) groups is 1. The van der Waals surface area contributed by atoms with Gasteiger partial charge in [0, 0.05) is 17.8 Å². The largest absolute Gasteiger partial charge is 0.331 e. The van der Waals surface area contributed by atoms with E-state index in [0.717, 1.165) is 16.3 Å². The fourth-order valence-electron chi connectivity index (χ4n) is 2.61. The van der Waals surface area contributed by atoms with E-state index in [2.05, 4.69) is 10.6 Å². The minimum Gasteiger partial charge on any atom is -0.331 e. The first-order valence-corrected chi connectivity index (χ1v) is 7.83. The van der Waals surface area contributed by atoms with Crippen LogP contribution in [0.3, 0.4) is 0 Å². The summed E-state index contributed by atoms with van der Waals surface area (Å²) in [7, 11) is 0. The highest BCUT2D eigenvalue weighted by Gasteiger charge is 2.10. The van der Waals surface area contributed by atoms with E-state index in [0.29, 0.717) is 5.69 Å². The zero-order chi connectivity index (χ0) is 17.8. The Morgan fingerprint density at radius 2 is 1.68 bits per heavy atom. The van der Waals surface area contributed by atoms with Gasteiger partial charge in [0.05, 0.1) is 11.0 Å². The quantitative estimate of drug-likeness (QED) is 0.538. The number of nitro groups is 1. The SMILES string of the molecule is CC(NC(=O)Nc1ccc2cc([N+](=O)[O-])ccc2c1)c1ccccc1. The van der Waals surface area contributed by atoms with Gasteiger partial charge >= 0.3 is 6.03 Å². The number of carbonyl (C=O) groups excluding carboxylic acids is 1. The van der Waals surface area contributed by atoms with Gasteiger partial charge in [-0.05, 0) is 41.5 Å². The first-order valence-electron chi connectivity index (χ1n) is 7.83. The molecule has 6 nitrogen and oxygen atoms in total. The van der Waals surface area contributed by atoms with Crippen molar-refractivity contribution in [2.45, 2.75) is 13.0 Å². The van der Waals surface area contributed by atoms with Crippen molar-refractivity contribution in [3.05, 3.63) is 82.4 Å². The molecule has 0 aromatic heterocycles. The lowest BCUT2D eigenvalue weighted by atomic mass is 10.1. The van der Waals surface area contributed by atoms with Gasteiger partial charge in [-0.3, -0.25) is 10.1 Å². The molecule has 0 saturated carbocycles. The monoisotopic (exact) mass is 335 g/mol. The Bertz CT molecular complexity index is 926. The first kappa shape index (κ1) is 16.4. The number of rotatable bonds is 4. The van der Waals surface area contributed by atoms with Gasteiger partial charge in [-0.1, -0.05) is 36.4 Å². The number of amides is 2. The molecular formula is C19H17N3O3. The molecule has 1 unspecified atom stereocenters. The van der Waals surface area contributed by atoms with Gasteiger partial charge in [0.1, 0.15) is 0 Å². The second kappa shape index (κ2) is 7.00. The van der Waals surface area contributed by atoms with Gasteiger partial charge in [-0.15, -0.1) is 0 Å². The molecule has 6 heteroatoms. The number of hydrogen-bond donors (Lipinski definition) is 2. The van der Waals surface area contributed by atoms with E-state index in [4.69, 9.17) is 0 Å². The maximum absolute atomic E-state index is 12.2. The molecule has 0 aliphatic carbocycles. The first-order chi connectivity index (χ1) is 12.0. The average molecular weight is 335 g/mol. The third-order valence-corrected chi connectivity index (χ3v) is 3.94. The van der Waals surface area contributed by atoms with Gasteiger partial charge in [0.2, 0.25) is 0 Å². The normalized spacial score (nSPS) is 11.7. The minimum atomic E-state index is -0.427. The molecule has 126 valence electrons. The molecule has 25 heavy (non-hydrogen) atoms. The van der Waals surface area contributed by atoms with Crippen molar-refractivity contribution in [1.29, 1.82) is 0 Å². The molecule has 2 amide bonds. The van der Waals surface area contributed by atoms with Crippen molar-refractivity contribution in [1.82, 2.24) is 5.32 Å². The van der Waals surface area contributed by atoms with Crippen molar-refractivity contribution in [2.75, 3.05) is 5.32 Å². The van der Waals surface area contributed by atoms with Crippen LogP contribution in [0.15, 0.2) is 66.7 Å². The Morgan fingerprint density at radius 3 is 2.40 bits per heavy atom. The topological polar surface area (TPSA) is 84.3 Å². The van der Waals surface area contributed by atoms with E-state index >= 15 is 0 Å². The summed E-state index contributed by atoms with van der Waals surface area (Å²) in [6, 6.07) is 19.1. The summed E-state index contributed by atoms with van der Waals surface area (Å²) in [6.07, 6.45) is 0. The third-order valence-electron chi connectivity index (χ3n) is 3.94. The maximum Gasteiger partial charge on any atom is 0.319 e. The van der Waals surface area contributed by atoms with Crippen LogP contribution in [0.4, 0.5) is 16.2 Å². The highest BCUT2D eigenvalue weighted by molar-refractivity contribution is 5.94. The molecule has 0 radical (unpaired) electrons. The van der Waals surface area contributed by atoms with Crippen LogP contribution >= 0.6 is 0 Å². The Balaban J connectivity index is 1.71. The molecule has 0 bridgehead atoms. The van der Waals surface area contributed by atoms with Gasteiger partial charge in [-0.25, -0.2) is 4.79 Å². The zero-order valence-corrected chi connectivity index (χ0v) is 13.6. The summed E-state index contributed by atoms with van der Waals surface area (Å²) in [5, 5.41) is 18.0. The number of fused-ring (bicyclic) bond motifs is 1. The minimum absolute atomic E-state index is 0.0441. The lowest BCUT2D eigenvalue weighted by Crippen LogP contribution is -2.31. The Kier molecular flexibility index (Phi) is 4.61. The van der Waals surface area contributed by atoms with Crippen LogP contribution in [0.1, 0.15) is 18.5 Å². The summed E-state index contributed by atoms with van der Waals surface area (Å²) in [6.45, 7) is 1.91. The molecule has 3 aromatic carbocycles. The van der Waals surface area contributed by atoms with E-state index < -0.39 is 4.92 Å². The van der Waals surface area contributed by atoms with Gasteiger partial charge in [-0.2, -0.15) is 0 Å². The lowest BCUT2D eigenvalue weighted by Gasteiger charge is -2.15. The summed E-state index contributed by atoms with van der Waals surface area (Å²) in [5.41, 5.74) is 1.69. The fourth-order valence-corrected chi connectivity index (χ4v) is 2.61. The van der Waals surface area contributed by atoms with E-state index in [1.807, 2.05) is 37.3 Å². The third kappa shape index (κ3) is 3.92. The van der Waals surface area contributed by atoms with E-state index in [-0.39, 0.29) is 17.8 Å². The maximum atomic E-state index is 12.2. The molecule has 2 N–H and O–H groups in total. The molecule has 0 fully saturated rings. The van der Waals surface area contributed by atoms with Crippen LogP contribution in [0.25, 0.3) is 10.8 Å². The van der Waals surface area contributed by atoms with Crippen LogP contribution in [-0.2, 0) is 0 Å². The Labute approximate surface area is 144 Å². The number of anilines is 1. The Morgan fingerprint density at radius 1 is 1.00 bits per heavy atom. The van der Waals surface area contributed by atoms with Gasteiger partial charge in [0.25, 0.3) is 5.69 Å².